The molecule has 0 aliphatic rings. The zero-order valence-corrected chi connectivity index (χ0v) is 14.9. The number of halogens is 3. The van der Waals surface area contributed by atoms with Crippen LogP contribution in [0.15, 0.2) is 53.0 Å². The fourth-order valence-electron chi connectivity index (χ4n) is 1.81. The number of hydrogen-bond acceptors (Lipinski definition) is 2. The Morgan fingerprint density at radius 3 is 2.10 bits per heavy atom. The standard InChI is InChI=1S/C14H10Br3NO2/c15-12-4-2-1-3-11(12)14(17)13(16)9-5-7-10(8-6-9)18(19)20/h1-8,13-14H. The minimum absolute atomic E-state index is 0.0157. The predicted octanol–water partition coefficient (Wildman–Crippen LogP) is 5.93. The number of alkyl halides is 2. The van der Waals surface area contributed by atoms with Crippen LogP contribution < -0.4 is 0 Å². The van der Waals surface area contributed by atoms with Gasteiger partial charge in [0, 0.05) is 16.6 Å². The zero-order chi connectivity index (χ0) is 14.7. The maximum atomic E-state index is 10.7. The molecule has 6 heteroatoms. The van der Waals surface area contributed by atoms with Gasteiger partial charge < -0.3 is 0 Å². The van der Waals surface area contributed by atoms with Crippen molar-refractivity contribution in [2.24, 2.45) is 0 Å². The first-order chi connectivity index (χ1) is 9.50. The van der Waals surface area contributed by atoms with Gasteiger partial charge in [-0.1, -0.05) is 78.1 Å². The lowest BCUT2D eigenvalue weighted by atomic mass is 10.0. The lowest BCUT2D eigenvalue weighted by molar-refractivity contribution is -0.384. The number of nitro benzene ring substituents is 1. The Labute approximate surface area is 141 Å². The highest BCUT2D eigenvalue weighted by atomic mass is 79.9. The van der Waals surface area contributed by atoms with E-state index in [1.165, 1.54) is 12.1 Å². The molecule has 0 aromatic heterocycles. The average molecular weight is 464 g/mol. The largest absolute Gasteiger partial charge is 0.269 e. The molecule has 0 fully saturated rings. The number of hydrogen-bond donors (Lipinski definition) is 0. The van der Waals surface area contributed by atoms with Crippen LogP contribution in [0.4, 0.5) is 5.69 Å². The second kappa shape index (κ2) is 6.83. The summed E-state index contributed by atoms with van der Waals surface area (Å²) in [6.07, 6.45) is 0. The lowest BCUT2D eigenvalue weighted by Gasteiger charge is -2.18. The molecule has 2 rings (SSSR count). The molecular formula is C14H10Br3NO2. The van der Waals surface area contributed by atoms with Crippen molar-refractivity contribution in [2.45, 2.75) is 9.65 Å². The molecular weight excluding hydrogens is 454 g/mol. The summed E-state index contributed by atoms with van der Waals surface area (Å²) >= 11 is 10.9. The normalized spacial score (nSPS) is 13.8. The minimum Gasteiger partial charge on any atom is -0.258 e. The van der Waals surface area contributed by atoms with Crippen LogP contribution in [0, 0.1) is 10.1 Å². The van der Waals surface area contributed by atoms with Crippen LogP contribution in [0.2, 0.25) is 0 Å². The predicted molar refractivity (Wildman–Crippen MR) is 90.6 cm³/mol. The van der Waals surface area contributed by atoms with Crippen molar-refractivity contribution in [3.05, 3.63) is 74.2 Å². The summed E-state index contributed by atoms with van der Waals surface area (Å²) in [6, 6.07) is 14.5. The van der Waals surface area contributed by atoms with Crippen LogP contribution in [-0.2, 0) is 0 Å². The van der Waals surface area contributed by atoms with Crippen molar-refractivity contribution < 1.29 is 4.92 Å². The van der Waals surface area contributed by atoms with E-state index in [4.69, 9.17) is 0 Å². The summed E-state index contributed by atoms with van der Waals surface area (Å²) < 4.78 is 1.02. The Bertz CT molecular complexity index is 616. The quantitative estimate of drug-likeness (QED) is 0.320. The van der Waals surface area contributed by atoms with Crippen molar-refractivity contribution >= 4 is 53.5 Å². The average Bonchev–Trinajstić information content (AvgIpc) is 2.46. The van der Waals surface area contributed by atoms with E-state index >= 15 is 0 Å². The van der Waals surface area contributed by atoms with E-state index in [1.54, 1.807) is 12.1 Å². The second-order valence-corrected chi connectivity index (χ2v) is 7.00. The van der Waals surface area contributed by atoms with Gasteiger partial charge in [0.25, 0.3) is 5.69 Å². The van der Waals surface area contributed by atoms with Gasteiger partial charge in [-0.15, -0.1) is 0 Å². The summed E-state index contributed by atoms with van der Waals surface area (Å²) in [4.78, 5) is 10.3. The Kier molecular flexibility index (Phi) is 5.35. The fraction of sp³-hybridized carbons (Fsp3) is 0.143. The summed E-state index contributed by atoms with van der Waals surface area (Å²) in [5.74, 6) is 0. The number of nitrogens with zero attached hydrogens (tertiary/aromatic N) is 1. The van der Waals surface area contributed by atoms with Gasteiger partial charge in [-0.05, 0) is 17.2 Å². The number of rotatable bonds is 4. The molecule has 0 heterocycles. The summed E-state index contributed by atoms with van der Waals surface area (Å²) in [6.45, 7) is 0. The molecule has 0 bridgehead atoms. The van der Waals surface area contributed by atoms with Gasteiger partial charge in [0.15, 0.2) is 0 Å². The third-order valence-corrected chi connectivity index (χ3v) is 6.39. The molecule has 104 valence electrons. The highest BCUT2D eigenvalue weighted by Crippen LogP contribution is 2.44. The third kappa shape index (κ3) is 3.48. The number of nitro groups is 1. The first-order valence-corrected chi connectivity index (χ1v) is 8.40. The van der Waals surface area contributed by atoms with E-state index < -0.39 is 4.92 Å². The van der Waals surface area contributed by atoms with Gasteiger partial charge in [-0.3, -0.25) is 10.1 Å². The maximum absolute atomic E-state index is 10.7. The van der Waals surface area contributed by atoms with Gasteiger partial charge in [0.1, 0.15) is 0 Å². The highest BCUT2D eigenvalue weighted by Gasteiger charge is 2.22. The number of non-ortho nitro benzene ring substituents is 1. The van der Waals surface area contributed by atoms with Crippen molar-refractivity contribution in [1.82, 2.24) is 0 Å². The van der Waals surface area contributed by atoms with E-state index in [2.05, 4.69) is 47.8 Å². The van der Waals surface area contributed by atoms with E-state index in [1.807, 2.05) is 24.3 Å². The van der Waals surface area contributed by atoms with Gasteiger partial charge in [-0.2, -0.15) is 0 Å². The van der Waals surface area contributed by atoms with E-state index in [0.29, 0.717) is 0 Å². The molecule has 0 radical (unpaired) electrons. The fourth-order valence-corrected chi connectivity index (χ4v) is 3.94. The zero-order valence-electron chi connectivity index (χ0n) is 10.2. The van der Waals surface area contributed by atoms with Crippen LogP contribution in [0.3, 0.4) is 0 Å². The SMILES string of the molecule is O=[N+]([O-])c1ccc(C(Br)C(Br)c2ccccc2Br)cc1. The summed E-state index contributed by atoms with van der Waals surface area (Å²) in [5.41, 5.74) is 2.20. The van der Waals surface area contributed by atoms with Crippen molar-refractivity contribution in [2.75, 3.05) is 0 Å². The van der Waals surface area contributed by atoms with Crippen LogP contribution in [-0.4, -0.2) is 4.92 Å². The van der Waals surface area contributed by atoms with Crippen molar-refractivity contribution in [3.63, 3.8) is 0 Å². The molecule has 2 aromatic carbocycles. The molecule has 20 heavy (non-hydrogen) atoms. The van der Waals surface area contributed by atoms with Crippen molar-refractivity contribution in [1.29, 1.82) is 0 Å². The van der Waals surface area contributed by atoms with Crippen LogP contribution in [0.1, 0.15) is 20.8 Å². The smallest absolute Gasteiger partial charge is 0.258 e. The monoisotopic (exact) mass is 461 g/mol. The molecule has 0 aliphatic heterocycles. The molecule has 0 saturated carbocycles. The van der Waals surface area contributed by atoms with Gasteiger partial charge >= 0.3 is 0 Å². The van der Waals surface area contributed by atoms with E-state index in [0.717, 1.165) is 15.6 Å². The Morgan fingerprint density at radius 1 is 0.950 bits per heavy atom. The van der Waals surface area contributed by atoms with Crippen LogP contribution in [0.25, 0.3) is 0 Å². The molecule has 0 saturated heterocycles. The van der Waals surface area contributed by atoms with Crippen molar-refractivity contribution in [3.8, 4) is 0 Å². The molecule has 2 unspecified atom stereocenters. The van der Waals surface area contributed by atoms with Gasteiger partial charge in [-0.25, -0.2) is 0 Å². The topological polar surface area (TPSA) is 43.1 Å². The second-order valence-electron chi connectivity index (χ2n) is 4.17. The Balaban J connectivity index is 2.24. The molecule has 2 aromatic rings. The first kappa shape index (κ1) is 15.7. The van der Waals surface area contributed by atoms with Gasteiger partial charge in [0.05, 0.1) is 14.6 Å². The van der Waals surface area contributed by atoms with Crippen LogP contribution in [0.5, 0.6) is 0 Å². The molecule has 0 spiro atoms. The summed E-state index contributed by atoms with van der Waals surface area (Å²) in [5, 5.41) is 10.7. The Hall–Kier alpha value is -0.720. The van der Waals surface area contributed by atoms with Gasteiger partial charge in [0.2, 0.25) is 0 Å². The lowest BCUT2D eigenvalue weighted by Crippen LogP contribution is -2.00. The number of benzene rings is 2. The third-order valence-electron chi connectivity index (χ3n) is 2.88. The van der Waals surface area contributed by atoms with Crippen LogP contribution >= 0.6 is 47.8 Å². The molecule has 0 amide bonds. The first-order valence-electron chi connectivity index (χ1n) is 5.77. The molecule has 3 nitrogen and oxygen atoms in total. The molecule has 0 N–H and O–H groups in total. The molecule has 2 atom stereocenters. The van der Waals surface area contributed by atoms with E-state index in [-0.39, 0.29) is 15.3 Å². The molecule has 0 aliphatic carbocycles. The highest BCUT2D eigenvalue weighted by molar-refractivity contribution is 9.12. The maximum Gasteiger partial charge on any atom is 0.269 e. The minimum atomic E-state index is -0.396. The Morgan fingerprint density at radius 2 is 1.55 bits per heavy atom. The van der Waals surface area contributed by atoms with E-state index in [9.17, 15) is 10.1 Å². The summed E-state index contributed by atoms with van der Waals surface area (Å²) in [7, 11) is 0.